The van der Waals surface area contributed by atoms with Crippen molar-refractivity contribution in [3.63, 3.8) is 0 Å². The van der Waals surface area contributed by atoms with Crippen LogP contribution in [0.4, 0.5) is 4.39 Å². The lowest BCUT2D eigenvalue weighted by atomic mass is 10.0. The Kier molecular flexibility index (Phi) is 4.61. The van der Waals surface area contributed by atoms with E-state index in [0.717, 1.165) is 11.3 Å². The number of nitrogens with two attached hydrogens (primary N) is 1. The number of nitrogens with zero attached hydrogens (tertiary/aromatic N) is 2. The normalized spacial score (nSPS) is 12.6. The van der Waals surface area contributed by atoms with Gasteiger partial charge in [-0.1, -0.05) is 13.0 Å². The molecule has 20 heavy (non-hydrogen) atoms. The monoisotopic (exact) mass is 296 g/mol. The Morgan fingerprint density at radius 1 is 1.55 bits per heavy atom. The highest BCUT2D eigenvalue weighted by molar-refractivity contribution is 7.99. The molecular weight excluding hydrogens is 279 g/mol. The van der Waals surface area contributed by atoms with Crippen molar-refractivity contribution in [1.82, 2.24) is 14.8 Å². The van der Waals surface area contributed by atoms with Gasteiger partial charge in [0.25, 0.3) is 0 Å². The van der Waals surface area contributed by atoms with Gasteiger partial charge in [0, 0.05) is 23.5 Å². The molecule has 108 valence electrons. The SMILES string of the molecule is CCC(N)Cc1c(F)cccc1Sc1n[nH]c(=O)n1C. The van der Waals surface area contributed by atoms with E-state index in [1.807, 2.05) is 13.0 Å². The van der Waals surface area contributed by atoms with Crippen LogP contribution in [0.2, 0.25) is 0 Å². The van der Waals surface area contributed by atoms with E-state index in [0.29, 0.717) is 17.1 Å². The Labute approximate surface area is 120 Å². The van der Waals surface area contributed by atoms with Gasteiger partial charge < -0.3 is 5.73 Å². The summed E-state index contributed by atoms with van der Waals surface area (Å²) in [6.07, 6.45) is 1.24. The zero-order chi connectivity index (χ0) is 14.7. The van der Waals surface area contributed by atoms with Gasteiger partial charge in [0.05, 0.1) is 0 Å². The highest BCUT2D eigenvalue weighted by Gasteiger charge is 2.15. The summed E-state index contributed by atoms with van der Waals surface area (Å²) in [5.74, 6) is -0.278. The number of H-pyrrole nitrogens is 1. The van der Waals surface area contributed by atoms with E-state index >= 15 is 0 Å². The molecular formula is C13H17FN4OS. The summed E-state index contributed by atoms with van der Waals surface area (Å²) in [5.41, 5.74) is 6.19. The van der Waals surface area contributed by atoms with E-state index in [-0.39, 0.29) is 17.5 Å². The molecule has 2 aromatic rings. The fourth-order valence-corrected chi connectivity index (χ4v) is 2.72. The number of halogens is 1. The molecule has 0 aliphatic rings. The fourth-order valence-electron chi connectivity index (χ4n) is 1.76. The lowest BCUT2D eigenvalue weighted by Crippen LogP contribution is -2.22. The molecule has 0 spiro atoms. The van der Waals surface area contributed by atoms with E-state index in [4.69, 9.17) is 5.73 Å². The molecule has 0 aliphatic heterocycles. The van der Waals surface area contributed by atoms with Crippen LogP contribution in [0.3, 0.4) is 0 Å². The minimum atomic E-state index is -0.296. The zero-order valence-electron chi connectivity index (χ0n) is 11.4. The van der Waals surface area contributed by atoms with Crippen molar-refractivity contribution in [2.75, 3.05) is 0 Å². The van der Waals surface area contributed by atoms with Crippen molar-refractivity contribution in [3.8, 4) is 0 Å². The Bertz CT molecular complexity index is 652. The van der Waals surface area contributed by atoms with Gasteiger partial charge in [-0.2, -0.15) is 0 Å². The maximum Gasteiger partial charge on any atom is 0.343 e. The van der Waals surface area contributed by atoms with Crippen LogP contribution in [-0.2, 0) is 13.5 Å². The topological polar surface area (TPSA) is 76.7 Å². The lowest BCUT2D eigenvalue weighted by molar-refractivity contribution is 0.571. The summed E-state index contributed by atoms with van der Waals surface area (Å²) in [5, 5.41) is 6.77. The number of rotatable bonds is 5. The van der Waals surface area contributed by atoms with Gasteiger partial charge in [-0.05, 0) is 36.7 Å². The lowest BCUT2D eigenvalue weighted by Gasteiger charge is -2.13. The third-order valence-corrected chi connectivity index (χ3v) is 4.26. The van der Waals surface area contributed by atoms with Gasteiger partial charge in [0.2, 0.25) is 0 Å². The highest BCUT2D eigenvalue weighted by Crippen LogP contribution is 2.30. The first-order chi connectivity index (χ1) is 9.52. The van der Waals surface area contributed by atoms with Gasteiger partial charge >= 0.3 is 5.69 Å². The van der Waals surface area contributed by atoms with Crippen LogP contribution in [0.15, 0.2) is 33.0 Å². The molecule has 1 unspecified atom stereocenters. The number of hydrogen-bond donors (Lipinski definition) is 2. The molecule has 0 amide bonds. The average Bonchev–Trinajstić information content (AvgIpc) is 2.74. The highest BCUT2D eigenvalue weighted by atomic mass is 32.2. The third kappa shape index (κ3) is 3.10. The predicted molar refractivity (Wildman–Crippen MR) is 76.3 cm³/mol. The first-order valence-corrected chi connectivity index (χ1v) is 7.16. The minimum absolute atomic E-state index is 0.0887. The maximum absolute atomic E-state index is 14.0. The van der Waals surface area contributed by atoms with E-state index in [9.17, 15) is 9.18 Å². The fraction of sp³-hybridized carbons (Fsp3) is 0.385. The second-order valence-electron chi connectivity index (χ2n) is 4.56. The summed E-state index contributed by atoms with van der Waals surface area (Å²) in [7, 11) is 1.62. The molecule has 5 nitrogen and oxygen atoms in total. The van der Waals surface area contributed by atoms with Crippen LogP contribution in [0.5, 0.6) is 0 Å². The van der Waals surface area contributed by atoms with E-state index < -0.39 is 0 Å². The molecule has 1 heterocycles. The Morgan fingerprint density at radius 2 is 2.30 bits per heavy atom. The molecule has 0 saturated heterocycles. The van der Waals surface area contributed by atoms with E-state index in [1.165, 1.54) is 22.4 Å². The van der Waals surface area contributed by atoms with Gasteiger partial charge in [-0.25, -0.2) is 14.3 Å². The summed E-state index contributed by atoms with van der Waals surface area (Å²) < 4.78 is 15.4. The standard InChI is InChI=1S/C13H17FN4OS/c1-3-8(15)7-9-10(14)5-4-6-11(9)20-13-17-16-12(19)18(13)2/h4-6,8H,3,7,15H2,1-2H3,(H,16,19). The molecule has 0 radical (unpaired) electrons. The molecule has 1 aromatic heterocycles. The Morgan fingerprint density at radius 3 is 2.90 bits per heavy atom. The number of hydrogen-bond acceptors (Lipinski definition) is 4. The quantitative estimate of drug-likeness (QED) is 0.880. The number of aromatic nitrogens is 3. The second kappa shape index (κ2) is 6.23. The van der Waals surface area contributed by atoms with Gasteiger partial charge in [0.15, 0.2) is 5.16 Å². The van der Waals surface area contributed by atoms with Gasteiger partial charge in [-0.15, -0.1) is 5.10 Å². The van der Waals surface area contributed by atoms with Crippen LogP contribution in [0, 0.1) is 5.82 Å². The first kappa shape index (κ1) is 14.8. The van der Waals surface area contributed by atoms with Crippen LogP contribution >= 0.6 is 11.8 Å². The second-order valence-corrected chi connectivity index (χ2v) is 5.57. The summed E-state index contributed by atoms with van der Waals surface area (Å²) >= 11 is 1.25. The van der Waals surface area contributed by atoms with Gasteiger partial charge in [-0.3, -0.25) is 4.57 Å². The summed E-state index contributed by atoms with van der Waals surface area (Å²) in [6.45, 7) is 1.97. The van der Waals surface area contributed by atoms with Crippen molar-refractivity contribution in [2.24, 2.45) is 12.8 Å². The van der Waals surface area contributed by atoms with Crippen LogP contribution in [0.1, 0.15) is 18.9 Å². The van der Waals surface area contributed by atoms with E-state index in [2.05, 4.69) is 10.2 Å². The molecule has 0 aliphatic carbocycles. The number of aromatic amines is 1. The first-order valence-electron chi connectivity index (χ1n) is 6.35. The summed E-state index contributed by atoms with van der Waals surface area (Å²) in [4.78, 5) is 12.1. The van der Waals surface area contributed by atoms with E-state index in [1.54, 1.807) is 13.1 Å². The maximum atomic E-state index is 14.0. The molecule has 7 heteroatoms. The molecule has 3 N–H and O–H groups in total. The molecule has 2 rings (SSSR count). The molecule has 0 saturated carbocycles. The zero-order valence-corrected chi connectivity index (χ0v) is 12.2. The average molecular weight is 296 g/mol. The van der Waals surface area contributed by atoms with Crippen molar-refractivity contribution >= 4 is 11.8 Å². The smallest absolute Gasteiger partial charge is 0.327 e. The van der Waals surface area contributed by atoms with Crippen LogP contribution in [-0.4, -0.2) is 20.8 Å². The predicted octanol–water partition coefficient (Wildman–Crippen LogP) is 1.68. The van der Waals surface area contributed by atoms with Crippen molar-refractivity contribution in [3.05, 3.63) is 40.1 Å². The Hall–Kier alpha value is -1.60. The van der Waals surface area contributed by atoms with Crippen LogP contribution < -0.4 is 11.4 Å². The van der Waals surface area contributed by atoms with Crippen LogP contribution in [0.25, 0.3) is 0 Å². The molecule has 1 atom stereocenters. The van der Waals surface area contributed by atoms with Crippen molar-refractivity contribution < 1.29 is 4.39 Å². The number of benzene rings is 1. The summed E-state index contributed by atoms with van der Waals surface area (Å²) in [6, 6.07) is 4.79. The molecule has 1 aromatic carbocycles. The van der Waals surface area contributed by atoms with Crippen molar-refractivity contribution in [1.29, 1.82) is 0 Å². The largest absolute Gasteiger partial charge is 0.343 e. The Balaban J connectivity index is 2.34. The van der Waals surface area contributed by atoms with Crippen molar-refractivity contribution in [2.45, 2.75) is 35.9 Å². The third-order valence-electron chi connectivity index (χ3n) is 3.11. The minimum Gasteiger partial charge on any atom is -0.327 e. The molecule has 0 fully saturated rings. The molecule has 0 bridgehead atoms. The number of nitrogens with one attached hydrogen (secondary N) is 1. The van der Waals surface area contributed by atoms with Gasteiger partial charge in [0.1, 0.15) is 5.82 Å².